The number of halogens is 1. The van der Waals surface area contributed by atoms with E-state index in [1.165, 1.54) is 0 Å². The van der Waals surface area contributed by atoms with Crippen molar-refractivity contribution >= 4 is 35.5 Å². The molecule has 20 heavy (non-hydrogen) atoms. The van der Waals surface area contributed by atoms with Gasteiger partial charge in [-0.2, -0.15) is 0 Å². The maximum atomic E-state index is 10.8. The quantitative estimate of drug-likeness (QED) is 0.630. The fourth-order valence-corrected chi connectivity index (χ4v) is 3.58. The molecule has 2 rings (SSSR count). The third kappa shape index (κ3) is 3.83. The Bertz CT molecular complexity index is 479. The van der Waals surface area contributed by atoms with Gasteiger partial charge in [0.2, 0.25) is 6.41 Å². The fraction of sp³-hybridized carbons (Fsp3) is 0.533. The second kappa shape index (κ2) is 6.27. The molecular weight excluding hydrogens is 292 g/mol. The number of thioether (sulfide) groups is 1. The van der Waals surface area contributed by atoms with Crippen LogP contribution in [-0.2, 0) is 4.79 Å². The number of rotatable bonds is 3. The van der Waals surface area contributed by atoms with Crippen molar-refractivity contribution in [2.75, 3.05) is 31.1 Å². The lowest BCUT2D eigenvalue weighted by molar-refractivity contribution is -0.118. The maximum absolute atomic E-state index is 10.8. The van der Waals surface area contributed by atoms with E-state index < -0.39 is 0 Å². The highest BCUT2D eigenvalue weighted by Gasteiger charge is 2.21. The molecule has 0 radical (unpaired) electrons. The lowest BCUT2D eigenvalue weighted by atomic mass is 10.2. The van der Waals surface area contributed by atoms with Gasteiger partial charge in [-0.15, -0.1) is 11.8 Å². The first-order valence-electron chi connectivity index (χ1n) is 6.82. The van der Waals surface area contributed by atoms with Gasteiger partial charge in [-0.1, -0.05) is 38.4 Å². The molecule has 1 fully saturated rings. The zero-order valence-electron chi connectivity index (χ0n) is 12.2. The molecule has 0 unspecified atom stereocenters. The number of nitrogens with zero attached hydrogens (tertiary/aromatic N) is 2. The van der Waals surface area contributed by atoms with Gasteiger partial charge in [0, 0.05) is 35.8 Å². The molecule has 110 valence electrons. The third-order valence-corrected chi connectivity index (χ3v) is 4.84. The molecule has 1 amide bonds. The summed E-state index contributed by atoms with van der Waals surface area (Å²) >= 11 is 8.36. The second-order valence-electron chi connectivity index (χ2n) is 5.93. The Hall–Kier alpha value is -0.870. The molecule has 0 bridgehead atoms. The van der Waals surface area contributed by atoms with Crippen LogP contribution in [0.15, 0.2) is 23.1 Å². The molecule has 0 atom stereocenters. The lowest BCUT2D eigenvalue weighted by Gasteiger charge is -2.35. The minimum atomic E-state index is 0.137. The number of benzene rings is 1. The summed E-state index contributed by atoms with van der Waals surface area (Å²) in [4.78, 5) is 15.9. The van der Waals surface area contributed by atoms with E-state index in [4.69, 9.17) is 11.6 Å². The Labute approximate surface area is 130 Å². The Morgan fingerprint density at radius 1 is 1.20 bits per heavy atom. The topological polar surface area (TPSA) is 23.6 Å². The number of piperazine rings is 1. The van der Waals surface area contributed by atoms with Crippen LogP contribution in [0, 0.1) is 0 Å². The molecule has 5 heteroatoms. The molecule has 1 aliphatic rings. The first kappa shape index (κ1) is 15.5. The van der Waals surface area contributed by atoms with Crippen molar-refractivity contribution in [3.05, 3.63) is 23.2 Å². The van der Waals surface area contributed by atoms with E-state index in [1.54, 1.807) is 16.7 Å². The average molecular weight is 313 g/mol. The first-order valence-corrected chi connectivity index (χ1v) is 8.02. The van der Waals surface area contributed by atoms with Crippen LogP contribution in [0.2, 0.25) is 5.02 Å². The summed E-state index contributed by atoms with van der Waals surface area (Å²) in [5.41, 5.74) is 1.08. The molecule has 0 spiro atoms. The normalized spacial score (nSPS) is 16.4. The highest BCUT2D eigenvalue weighted by atomic mass is 35.5. The first-order chi connectivity index (χ1) is 9.40. The SMILES string of the molecule is CC(C)(C)Sc1cccc(N2CCN(C=O)CC2)c1Cl. The summed E-state index contributed by atoms with van der Waals surface area (Å²) in [6.45, 7) is 9.74. The molecule has 0 saturated carbocycles. The number of hydrogen-bond acceptors (Lipinski definition) is 3. The van der Waals surface area contributed by atoms with E-state index in [0.717, 1.165) is 48.2 Å². The van der Waals surface area contributed by atoms with Gasteiger partial charge in [-0.05, 0) is 12.1 Å². The standard InChI is InChI=1S/C15H21ClN2OS/c1-15(2,3)20-13-6-4-5-12(14(13)16)18-9-7-17(11-19)8-10-18/h4-6,11H,7-10H2,1-3H3. The largest absolute Gasteiger partial charge is 0.367 e. The summed E-state index contributed by atoms with van der Waals surface area (Å²) in [5, 5.41) is 0.826. The van der Waals surface area contributed by atoms with Gasteiger partial charge in [0.25, 0.3) is 0 Å². The minimum absolute atomic E-state index is 0.137. The molecule has 1 aromatic rings. The second-order valence-corrected chi connectivity index (χ2v) is 8.18. The van der Waals surface area contributed by atoms with E-state index in [0.29, 0.717) is 0 Å². The smallest absolute Gasteiger partial charge is 0.209 e. The van der Waals surface area contributed by atoms with Crippen LogP contribution in [0.1, 0.15) is 20.8 Å². The maximum Gasteiger partial charge on any atom is 0.209 e. The number of hydrogen-bond donors (Lipinski definition) is 0. The van der Waals surface area contributed by atoms with Gasteiger partial charge in [0.15, 0.2) is 0 Å². The van der Waals surface area contributed by atoms with E-state index in [2.05, 4.69) is 43.9 Å². The Morgan fingerprint density at radius 3 is 2.40 bits per heavy atom. The van der Waals surface area contributed by atoms with E-state index in [1.807, 2.05) is 0 Å². The Balaban J connectivity index is 2.17. The predicted octanol–water partition coefficient (Wildman–Crippen LogP) is 3.51. The zero-order chi connectivity index (χ0) is 14.8. The summed E-state index contributed by atoms with van der Waals surface area (Å²) in [6.07, 6.45) is 0.921. The monoisotopic (exact) mass is 312 g/mol. The number of anilines is 1. The third-order valence-electron chi connectivity index (χ3n) is 3.16. The summed E-state index contributed by atoms with van der Waals surface area (Å²) in [5.74, 6) is 0. The molecule has 0 aliphatic carbocycles. The van der Waals surface area contributed by atoms with Crippen molar-refractivity contribution in [2.45, 2.75) is 30.4 Å². The summed E-state index contributed by atoms with van der Waals surface area (Å²) in [7, 11) is 0. The van der Waals surface area contributed by atoms with Gasteiger partial charge in [0.1, 0.15) is 0 Å². The molecule has 1 heterocycles. The average Bonchev–Trinajstić information content (AvgIpc) is 2.40. The van der Waals surface area contributed by atoms with Crippen LogP contribution < -0.4 is 4.90 Å². The summed E-state index contributed by atoms with van der Waals surface area (Å²) < 4.78 is 0.137. The van der Waals surface area contributed by atoms with Gasteiger partial charge in [0.05, 0.1) is 10.7 Å². The van der Waals surface area contributed by atoms with Crippen LogP contribution in [0.5, 0.6) is 0 Å². The zero-order valence-corrected chi connectivity index (χ0v) is 13.8. The van der Waals surface area contributed by atoms with Crippen molar-refractivity contribution in [1.82, 2.24) is 4.90 Å². The molecule has 1 saturated heterocycles. The van der Waals surface area contributed by atoms with Crippen LogP contribution in [0.4, 0.5) is 5.69 Å². The van der Waals surface area contributed by atoms with Crippen molar-refractivity contribution in [1.29, 1.82) is 0 Å². The van der Waals surface area contributed by atoms with Crippen molar-refractivity contribution in [3.8, 4) is 0 Å². The van der Waals surface area contributed by atoms with E-state index in [9.17, 15) is 4.79 Å². The van der Waals surface area contributed by atoms with E-state index in [-0.39, 0.29) is 4.75 Å². The van der Waals surface area contributed by atoms with Crippen molar-refractivity contribution in [3.63, 3.8) is 0 Å². The molecule has 1 aromatic carbocycles. The number of carbonyl (C=O) groups excluding carboxylic acids is 1. The van der Waals surface area contributed by atoms with Gasteiger partial charge in [-0.3, -0.25) is 4.79 Å². The van der Waals surface area contributed by atoms with Gasteiger partial charge in [-0.25, -0.2) is 0 Å². The fourth-order valence-electron chi connectivity index (χ4n) is 2.22. The van der Waals surface area contributed by atoms with E-state index >= 15 is 0 Å². The highest BCUT2D eigenvalue weighted by Crippen LogP contribution is 2.40. The minimum Gasteiger partial charge on any atom is -0.367 e. The molecule has 1 aliphatic heterocycles. The molecular formula is C15H21ClN2OS. The lowest BCUT2D eigenvalue weighted by Crippen LogP contribution is -2.45. The molecule has 3 nitrogen and oxygen atoms in total. The molecule has 0 N–H and O–H groups in total. The predicted molar refractivity (Wildman–Crippen MR) is 86.9 cm³/mol. The number of carbonyl (C=O) groups is 1. The highest BCUT2D eigenvalue weighted by molar-refractivity contribution is 8.00. The Kier molecular flexibility index (Phi) is 4.86. The van der Waals surface area contributed by atoms with Crippen LogP contribution in [-0.4, -0.2) is 42.2 Å². The summed E-state index contributed by atoms with van der Waals surface area (Å²) in [6, 6.07) is 6.19. The number of amides is 1. The van der Waals surface area contributed by atoms with Crippen molar-refractivity contribution < 1.29 is 4.79 Å². The van der Waals surface area contributed by atoms with Crippen LogP contribution in [0.25, 0.3) is 0 Å². The molecule has 0 aromatic heterocycles. The Morgan fingerprint density at radius 2 is 1.85 bits per heavy atom. The van der Waals surface area contributed by atoms with Gasteiger partial charge >= 0.3 is 0 Å². The van der Waals surface area contributed by atoms with Crippen LogP contribution >= 0.6 is 23.4 Å². The van der Waals surface area contributed by atoms with Gasteiger partial charge < -0.3 is 9.80 Å². The van der Waals surface area contributed by atoms with Crippen LogP contribution in [0.3, 0.4) is 0 Å². The van der Waals surface area contributed by atoms with Crippen molar-refractivity contribution in [2.24, 2.45) is 0 Å².